The van der Waals surface area contributed by atoms with Crippen LogP contribution in [0.3, 0.4) is 0 Å². The van der Waals surface area contributed by atoms with E-state index in [9.17, 15) is 8.78 Å². The van der Waals surface area contributed by atoms with Crippen LogP contribution in [0, 0.1) is 29.4 Å². The molecule has 0 N–H and O–H groups in total. The fourth-order valence-corrected chi connectivity index (χ4v) is 5.90. The highest BCUT2D eigenvalue weighted by Crippen LogP contribution is 2.48. The molecule has 4 atom stereocenters. The van der Waals surface area contributed by atoms with Crippen LogP contribution in [0.1, 0.15) is 76.2 Å². The van der Waals surface area contributed by atoms with E-state index >= 15 is 0 Å². The molecule has 3 heteroatoms. The van der Waals surface area contributed by atoms with E-state index in [1.165, 1.54) is 64.5 Å². The summed E-state index contributed by atoms with van der Waals surface area (Å²) >= 11 is 0. The summed E-state index contributed by atoms with van der Waals surface area (Å²) in [5.74, 6) is 2.52. The van der Waals surface area contributed by atoms with Crippen molar-refractivity contribution in [2.75, 3.05) is 7.11 Å². The average molecular weight is 413 g/mol. The lowest BCUT2D eigenvalue weighted by molar-refractivity contribution is 0.113. The molecule has 0 saturated heterocycles. The largest absolute Gasteiger partial charge is 0.494 e. The predicted molar refractivity (Wildman–Crippen MR) is 119 cm³/mol. The summed E-state index contributed by atoms with van der Waals surface area (Å²) < 4.78 is 34.0. The summed E-state index contributed by atoms with van der Waals surface area (Å²) in [7, 11) is 1.43. The van der Waals surface area contributed by atoms with Gasteiger partial charge in [-0.15, -0.1) is 0 Å². The zero-order chi connectivity index (χ0) is 21.1. The lowest BCUT2D eigenvalue weighted by Crippen LogP contribution is -2.30. The minimum absolute atomic E-state index is 0.178. The molecule has 0 amide bonds. The molecule has 162 valence electrons. The van der Waals surface area contributed by atoms with Gasteiger partial charge in [-0.25, -0.2) is 8.78 Å². The summed E-state index contributed by atoms with van der Waals surface area (Å²) in [6.45, 7) is 2.28. The van der Waals surface area contributed by atoms with E-state index in [-0.39, 0.29) is 11.6 Å². The van der Waals surface area contributed by atoms with Crippen LogP contribution >= 0.6 is 0 Å². The van der Waals surface area contributed by atoms with E-state index < -0.39 is 5.82 Å². The van der Waals surface area contributed by atoms with E-state index in [1.807, 2.05) is 6.07 Å². The maximum atomic E-state index is 15.0. The summed E-state index contributed by atoms with van der Waals surface area (Å²) in [5, 5.41) is 0. The van der Waals surface area contributed by atoms with Gasteiger partial charge in [0.2, 0.25) is 0 Å². The van der Waals surface area contributed by atoms with Gasteiger partial charge in [0.1, 0.15) is 5.82 Å². The smallest absolute Gasteiger partial charge is 0.165 e. The quantitative estimate of drug-likeness (QED) is 0.465. The number of hydrogen-bond donors (Lipinski definition) is 0. The minimum Gasteiger partial charge on any atom is -0.494 e. The summed E-state index contributed by atoms with van der Waals surface area (Å²) in [4.78, 5) is 0. The molecule has 1 nitrogen and oxygen atoms in total. The van der Waals surface area contributed by atoms with Gasteiger partial charge in [-0.2, -0.15) is 0 Å². The molecule has 0 bridgehead atoms. The fraction of sp³-hybridized carbons (Fsp3) is 0.556. The van der Waals surface area contributed by atoms with Crippen molar-refractivity contribution >= 4 is 0 Å². The molecule has 0 spiro atoms. The van der Waals surface area contributed by atoms with Crippen molar-refractivity contribution in [1.82, 2.24) is 0 Å². The third-order valence-electron chi connectivity index (χ3n) is 7.61. The number of rotatable bonds is 6. The van der Waals surface area contributed by atoms with Gasteiger partial charge in [0.25, 0.3) is 0 Å². The molecule has 0 radical (unpaired) electrons. The van der Waals surface area contributed by atoms with Gasteiger partial charge in [0, 0.05) is 5.56 Å². The van der Waals surface area contributed by atoms with Crippen molar-refractivity contribution in [2.45, 2.75) is 70.6 Å². The number of unbranched alkanes of at least 4 members (excludes halogenated alkanes) is 1. The van der Waals surface area contributed by atoms with Crippen LogP contribution in [0.25, 0.3) is 11.1 Å². The van der Waals surface area contributed by atoms with Crippen LogP contribution < -0.4 is 4.74 Å². The Morgan fingerprint density at radius 2 is 1.70 bits per heavy atom. The van der Waals surface area contributed by atoms with E-state index in [2.05, 4.69) is 13.0 Å². The normalized spacial score (nSPS) is 26.3. The van der Waals surface area contributed by atoms with Crippen LogP contribution in [-0.4, -0.2) is 7.11 Å². The topological polar surface area (TPSA) is 9.23 Å². The fourth-order valence-electron chi connectivity index (χ4n) is 5.90. The zero-order valence-electron chi connectivity index (χ0n) is 18.3. The molecule has 2 aromatic carbocycles. The highest BCUT2D eigenvalue weighted by Gasteiger charge is 2.35. The van der Waals surface area contributed by atoms with Crippen molar-refractivity contribution in [3.8, 4) is 16.9 Å². The first-order valence-electron chi connectivity index (χ1n) is 11.7. The number of ether oxygens (including phenoxy) is 1. The molecule has 2 fully saturated rings. The van der Waals surface area contributed by atoms with Gasteiger partial charge in [0.15, 0.2) is 11.6 Å². The lowest BCUT2D eigenvalue weighted by Gasteiger charge is -2.42. The van der Waals surface area contributed by atoms with Crippen LogP contribution in [0.2, 0.25) is 0 Å². The Labute approximate surface area is 179 Å². The molecule has 30 heavy (non-hydrogen) atoms. The number of hydrogen-bond acceptors (Lipinski definition) is 1. The highest BCUT2D eigenvalue weighted by molar-refractivity contribution is 5.65. The minimum atomic E-state index is -0.466. The van der Waals surface area contributed by atoms with E-state index in [1.54, 1.807) is 18.2 Å². The van der Waals surface area contributed by atoms with Crippen molar-refractivity contribution in [3.63, 3.8) is 0 Å². The number of halogens is 2. The van der Waals surface area contributed by atoms with Crippen molar-refractivity contribution in [1.29, 1.82) is 0 Å². The number of methoxy groups -OCH3 is 1. The molecular formula is C27H34F2O. The molecule has 2 saturated carbocycles. The molecule has 4 unspecified atom stereocenters. The monoisotopic (exact) mass is 412 g/mol. The first kappa shape index (κ1) is 21.3. The number of fused-ring (bicyclic) bond motifs is 1. The van der Waals surface area contributed by atoms with Crippen LogP contribution in [0.4, 0.5) is 8.78 Å². The summed E-state index contributed by atoms with van der Waals surface area (Å²) in [6, 6.07) is 10.2. The molecular weight excluding hydrogens is 378 g/mol. The molecule has 2 aliphatic rings. The molecule has 2 aromatic rings. The second-order valence-corrected chi connectivity index (χ2v) is 9.44. The van der Waals surface area contributed by atoms with E-state index in [0.29, 0.717) is 17.0 Å². The maximum absolute atomic E-state index is 15.0. The zero-order valence-corrected chi connectivity index (χ0v) is 18.3. The molecule has 0 aromatic heterocycles. The van der Waals surface area contributed by atoms with Crippen molar-refractivity contribution in [2.24, 2.45) is 17.8 Å². The van der Waals surface area contributed by atoms with Crippen LogP contribution in [0.5, 0.6) is 5.75 Å². The standard InChI is InChI=1S/C27H34F2O/c1-3-4-5-18-6-7-20-15-21(9-8-19(20)14-18)22-10-12-24(25(28)16-22)23-11-13-27(30-2)26(29)17-23/h10-13,16-21H,3-9,14-15H2,1-2H3. The SMILES string of the molecule is CCCCC1CCC2CC(c3ccc(-c4ccc(OC)c(F)c4)c(F)c3)CCC2C1. The summed E-state index contributed by atoms with van der Waals surface area (Å²) in [5.41, 5.74) is 2.11. The second-order valence-electron chi connectivity index (χ2n) is 9.44. The van der Waals surface area contributed by atoms with Gasteiger partial charge in [-0.1, -0.05) is 50.8 Å². The van der Waals surface area contributed by atoms with Gasteiger partial charge in [-0.3, -0.25) is 0 Å². The van der Waals surface area contributed by atoms with Gasteiger partial charge < -0.3 is 4.74 Å². The van der Waals surface area contributed by atoms with Crippen LogP contribution in [0.15, 0.2) is 36.4 Å². The van der Waals surface area contributed by atoms with Gasteiger partial charge in [-0.05, 0) is 85.1 Å². The number of benzene rings is 2. The second kappa shape index (κ2) is 9.49. The highest BCUT2D eigenvalue weighted by atomic mass is 19.1. The van der Waals surface area contributed by atoms with Crippen molar-refractivity contribution < 1.29 is 13.5 Å². The Hall–Kier alpha value is -1.90. The van der Waals surface area contributed by atoms with E-state index in [0.717, 1.165) is 29.7 Å². The van der Waals surface area contributed by atoms with Crippen molar-refractivity contribution in [3.05, 3.63) is 53.6 Å². The Balaban J connectivity index is 1.43. The summed E-state index contributed by atoms with van der Waals surface area (Å²) in [6.07, 6.45) is 11.9. The third kappa shape index (κ3) is 4.55. The molecule has 0 heterocycles. The third-order valence-corrected chi connectivity index (χ3v) is 7.61. The molecule has 0 aliphatic heterocycles. The van der Waals surface area contributed by atoms with E-state index in [4.69, 9.17) is 4.74 Å². The first-order chi connectivity index (χ1) is 14.6. The Kier molecular flexibility index (Phi) is 6.75. The van der Waals surface area contributed by atoms with Gasteiger partial charge >= 0.3 is 0 Å². The molecule has 4 rings (SSSR count). The molecule has 2 aliphatic carbocycles. The maximum Gasteiger partial charge on any atom is 0.165 e. The Bertz CT molecular complexity index is 862. The predicted octanol–water partition coefficient (Wildman–Crippen LogP) is 8.13. The Morgan fingerprint density at radius 3 is 2.43 bits per heavy atom. The lowest BCUT2D eigenvalue weighted by atomic mass is 9.63. The van der Waals surface area contributed by atoms with Crippen LogP contribution in [-0.2, 0) is 0 Å². The Morgan fingerprint density at radius 1 is 0.900 bits per heavy atom. The average Bonchev–Trinajstić information content (AvgIpc) is 2.77. The van der Waals surface area contributed by atoms with Gasteiger partial charge in [0.05, 0.1) is 7.11 Å². The first-order valence-corrected chi connectivity index (χ1v) is 11.7.